The number of hydrogen-bond donors (Lipinski definition) is 1. The molecule has 0 bridgehead atoms. The Morgan fingerprint density at radius 1 is 1.08 bits per heavy atom. The molecule has 140 valence electrons. The maximum atomic E-state index is 11.9. The lowest BCUT2D eigenvalue weighted by molar-refractivity contribution is -0.121. The molecule has 3 rings (SSSR count). The number of rotatable bonds is 10. The highest BCUT2D eigenvalue weighted by Gasteiger charge is 2.16. The first-order valence-corrected chi connectivity index (χ1v) is 9.53. The predicted molar refractivity (Wildman–Crippen MR) is 97.7 cm³/mol. The quantitative estimate of drug-likeness (QED) is 0.662. The predicted octanol–water partition coefficient (Wildman–Crippen LogP) is 2.86. The van der Waals surface area contributed by atoms with Gasteiger partial charge in [-0.25, -0.2) is 0 Å². The number of unbranched alkanes of at least 4 members (excludes halogenated alkanes) is 1. The monoisotopic (exact) mass is 357 g/mol. The molecule has 1 aliphatic rings. The van der Waals surface area contributed by atoms with Gasteiger partial charge in [-0.3, -0.25) is 4.79 Å². The SMILES string of the molecule is O=C(CCc1nnc(CCCCc2ccccc2)o1)NCC1CCCO1. The first kappa shape index (κ1) is 18.6. The van der Waals surface area contributed by atoms with Crippen molar-refractivity contribution >= 4 is 5.91 Å². The van der Waals surface area contributed by atoms with E-state index in [-0.39, 0.29) is 12.0 Å². The maximum absolute atomic E-state index is 11.9. The van der Waals surface area contributed by atoms with E-state index in [4.69, 9.17) is 9.15 Å². The molecular weight excluding hydrogens is 330 g/mol. The summed E-state index contributed by atoms with van der Waals surface area (Å²) in [6, 6.07) is 10.5. The van der Waals surface area contributed by atoms with Gasteiger partial charge in [0.25, 0.3) is 0 Å². The van der Waals surface area contributed by atoms with Gasteiger partial charge < -0.3 is 14.5 Å². The number of carbonyl (C=O) groups is 1. The van der Waals surface area contributed by atoms with Crippen molar-refractivity contribution in [2.45, 2.75) is 57.5 Å². The largest absolute Gasteiger partial charge is 0.425 e. The van der Waals surface area contributed by atoms with Gasteiger partial charge in [0.2, 0.25) is 17.7 Å². The number of aryl methyl sites for hydroxylation is 3. The van der Waals surface area contributed by atoms with Crippen LogP contribution in [0.1, 0.15) is 49.4 Å². The standard InChI is InChI=1S/C20H27N3O3/c24-18(21-15-17-10-6-14-25-17)12-13-20-23-22-19(26-20)11-5-4-9-16-7-2-1-3-8-16/h1-3,7-8,17H,4-6,9-15H2,(H,21,24). The van der Waals surface area contributed by atoms with Gasteiger partial charge in [-0.1, -0.05) is 30.3 Å². The minimum Gasteiger partial charge on any atom is -0.425 e. The first-order chi connectivity index (χ1) is 12.8. The average molecular weight is 357 g/mol. The lowest BCUT2D eigenvalue weighted by Gasteiger charge is -2.10. The molecule has 1 saturated heterocycles. The van der Waals surface area contributed by atoms with E-state index in [2.05, 4.69) is 39.8 Å². The zero-order chi connectivity index (χ0) is 18.0. The van der Waals surface area contributed by atoms with Crippen molar-refractivity contribution in [3.63, 3.8) is 0 Å². The Hall–Kier alpha value is -2.21. The molecule has 1 aromatic heterocycles. The zero-order valence-electron chi connectivity index (χ0n) is 15.2. The van der Waals surface area contributed by atoms with Crippen LogP contribution in [0.25, 0.3) is 0 Å². The number of ether oxygens (including phenoxy) is 1. The van der Waals surface area contributed by atoms with Crippen LogP contribution in [-0.4, -0.2) is 35.4 Å². The van der Waals surface area contributed by atoms with Crippen LogP contribution in [0.15, 0.2) is 34.7 Å². The van der Waals surface area contributed by atoms with Crippen molar-refractivity contribution < 1.29 is 13.9 Å². The Labute approximate surface area is 154 Å². The van der Waals surface area contributed by atoms with E-state index in [0.717, 1.165) is 45.1 Å². The van der Waals surface area contributed by atoms with Gasteiger partial charge in [0.05, 0.1) is 6.10 Å². The van der Waals surface area contributed by atoms with Crippen LogP contribution in [0.3, 0.4) is 0 Å². The summed E-state index contributed by atoms with van der Waals surface area (Å²) in [5.74, 6) is 1.20. The van der Waals surface area contributed by atoms with E-state index in [1.807, 2.05) is 6.07 Å². The van der Waals surface area contributed by atoms with Crippen LogP contribution in [0.4, 0.5) is 0 Å². The first-order valence-electron chi connectivity index (χ1n) is 9.53. The Morgan fingerprint density at radius 2 is 1.85 bits per heavy atom. The molecule has 0 spiro atoms. The van der Waals surface area contributed by atoms with Crippen molar-refractivity contribution in [3.05, 3.63) is 47.7 Å². The Balaban J connectivity index is 1.29. The molecule has 1 amide bonds. The molecule has 6 heteroatoms. The van der Waals surface area contributed by atoms with E-state index >= 15 is 0 Å². The van der Waals surface area contributed by atoms with Crippen molar-refractivity contribution in [1.82, 2.24) is 15.5 Å². The fourth-order valence-electron chi connectivity index (χ4n) is 3.08. The number of nitrogens with zero attached hydrogens (tertiary/aromatic N) is 2. The molecular formula is C20H27N3O3. The molecule has 1 aromatic carbocycles. The highest BCUT2D eigenvalue weighted by molar-refractivity contribution is 5.76. The van der Waals surface area contributed by atoms with E-state index in [1.165, 1.54) is 5.56 Å². The minimum atomic E-state index is 0.00288. The van der Waals surface area contributed by atoms with Crippen LogP contribution < -0.4 is 5.32 Å². The Kier molecular flexibility index (Phi) is 7.19. The van der Waals surface area contributed by atoms with E-state index in [1.54, 1.807) is 0 Å². The summed E-state index contributed by atoms with van der Waals surface area (Å²) in [6.07, 6.45) is 7.07. The third kappa shape index (κ3) is 6.26. The molecule has 1 unspecified atom stereocenters. The van der Waals surface area contributed by atoms with Crippen molar-refractivity contribution in [2.24, 2.45) is 0 Å². The molecule has 0 aliphatic carbocycles. The summed E-state index contributed by atoms with van der Waals surface area (Å²) in [6.45, 7) is 1.39. The summed E-state index contributed by atoms with van der Waals surface area (Å²) in [4.78, 5) is 11.9. The number of carbonyl (C=O) groups excluding carboxylic acids is 1. The number of hydrogen-bond acceptors (Lipinski definition) is 5. The molecule has 1 aliphatic heterocycles. The summed E-state index contributed by atoms with van der Waals surface area (Å²) < 4.78 is 11.1. The molecule has 2 heterocycles. The second kappa shape index (κ2) is 10.1. The molecule has 26 heavy (non-hydrogen) atoms. The number of benzene rings is 1. The van der Waals surface area contributed by atoms with Gasteiger partial charge >= 0.3 is 0 Å². The molecule has 1 atom stereocenters. The average Bonchev–Trinajstić information content (AvgIpc) is 3.34. The topological polar surface area (TPSA) is 77.2 Å². The van der Waals surface area contributed by atoms with Gasteiger partial charge in [-0.05, 0) is 37.7 Å². The smallest absolute Gasteiger partial charge is 0.220 e. The summed E-state index contributed by atoms with van der Waals surface area (Å²) in [5.41, 5.74) is 1.35. The molecule has 0 saturated carbocycles. The third-order valence-corrected chi connectivity index (χ3v) is 4.57. The van der Waals surface area contributed by atoms with Gasteiger partial charge in [0, 0.05) is 32.4 Å². The third-order valence-electron chi connectivity index (χ3n) is 4.57. The van der Waals surface area contributed by atoms with Gasteiger partial charge in [0.1, 0.15) is 0 Å². The van der Waals surface area contributed by atoms with Crippen molar-refractivity contribution in [1.29, 1.82) is 0 Å². The van der Waals surface area contributed by atoms with Gasteiger partial charge in [-0.15, -0.1) is 10.2 Å². The fraction of sp³-hybridized carbons (Fsp3) is 0.550. The Bertz CT molecular complexity index is 666. The van der Waals surface area contributed by atoms with Crippen LogP contribution in [0, 0.1) is 0 Å². The molecule has 6 nitrogen and oxygen atoms in total. The highest BCUT2D eigenvalue weighted by Crippen LogP contribution is 2.11. The molecule has 1 fully saturated rings. The summed E-state index contributed by atoms with van der Waals surface area (Å²) in [5, 5.41) is 11.0. The van der Waals surface area contributed by atoms with Gasteiger partial charge in [0.15, 0.2) is 0 Å². The number of amides is 1. The number of aromatic nitrogens is 2. The van der Waals surface area contributed by atoms with Crippen LogP contribution in [0.2, 0.25) is 0 Å². The molecule has 0 radical (unpaired) electrons. The van der Waals surface area contributed by atoms with Gasteiger partial charge in [-0.2, -0.15) is 0 Å². The van der Waals surface area contributed by atoms with Crippen LogP contribution >= 0.6 is 0 Å². The van der Waals surface area contributed by atoms with E-state index < -0.39 is 0 Å². The molecule has 1 N–H and O–H groups in total. The Morgan fingerprint density at radius 3 is 2.62 bits per heavy atom. The summed E-state index contributed by atoms with van der Waals surface area (Å²) in [7, 11) is 0. The van der Waals surface area contributed by atoms with Crippen molar-refractivity contribution in [3.8, 4) is 0 Å². The molecule has 2 aromatic rings. The zero-order valence-corrected chi connectivity index (χ0v) is 15.2. The normalized spacial score (nSPS) is 16.7. The number of nitrogens with one attached hydrogen (secondary N) is 1. The van der Waals surface area contributed by atoms with Crippen molar-refractivity contribution in [2.75, 3.05) is 13.2 Å². The second-order valence-corrected chi connectivity index (χ2v) is 6.72. The van der Waals surface area contributed by atoms with E-state index in [9.17, 15) is 4.79 Å². The minimum absolute atomic E-state index is 0.00288. The highest BCUT2D eigenvalue weighted by atomic mass is 16.5. The summed E-state index contributed by atoms with van der Waals surface area (Å²) >= 11 is 0. The lowest BCUT2D eigenvalue weighted by Crippen LogP contribution is -2.31. The second-order valence-electron chi connectivity index (χ2n) is 6.72. The van der Waals surface area contributed by atoms with Crippen LogP contribution in [0.5, 0.6) is 0 Å². The maximum Gasteiger partial charge on any atom is 0.220 e. The van der Waals surface area contributed by atoms with E-state index in [0.29, 0.717) is 31.2 Å². The fourth-order valence-corrected chi connectivity index (χ4v) is 3.08. The lowest BCUT2D eigenvalue weighted by atomic mass is 10.1. The van der Waals surface area contributed by atoms with Crippen LogP contribution in [-0.2, 0) is 28.8 Å².